The Balaban J connectivity index is 3.08. The van der Waals surface area contributed by atoms with Gasteiger partial charge in [-0.3, -0.25) is 4.79 Å². The minimum Gasteiger partial charge on any atom is -0.383 e. The number of hydrogen-bond donors (Lipinski definition) is 2. The second kappa shape index (κ2) is 3.06. The SMILES string of the molecule is Cc1c(C#N)c(N)nc2nc[nH]c(=O)c12. The summed E-state index contributed by atoms with van der Waals surface area (Å²) >= 11 is 0. The number of aromatic nitrogens is 3. The molecule has 0 saturated heterocycles. The highest BCUT2D eigenvalue weighted by Crippen LogP contribution is 2.18. The van der Waals surface area contributed by atoms with Crippen LogP contribution in [0.3, 0.4) is 0 Å². The number of anilines is 1. The number of fused-ring (bicyclic) bond motifs is 1. The molecule has 3 N–H and O–H groups in total. The Morgan fingerprint density at radius 1 is 1.60 bits per heavy atom. The fourth-order valence-corrected chi connectivity index (χ4v) is 1.44. The molecule has 74 valence electrons. The van der Waals surface area contributed by atoms with Crippen molar-refractivity contribution in [1.29, 1.82) is 5.26 Å². The molecule has 0 radical (unpaired) electrons. The summed E-state index contributed by atoms with van der Waals surface area (Å²) in [6.45, 7) is 1.65. The van der Waals surface area contributed by atoms with Gasteiger partial charge in [-0.05, 0) is 12.5 Å². The zero-order valence-electron chi connectivity index (χ0n) is 7.90. The first kappa shape index (κ1) is 9.15. The number of nitrogens with two attached hydrogens (primary N) is 1. The van der Waals surface area contributed by atoms with E-state index in [2.05, 4.69) is 15.0 Å². The fourth-order valence-electron chi connectivity index (χ4n) is 1.44. The molecule has 2 aromatic rings. The molecule has 0 saturated carbocycles. The first-order chi connectivity index (χ1) is 7.15. The number of nitrogen functional groups attached to an aromatic ring is 1. The van der Waals surface area contributed by atoms with E-state index < -0.39 is 0 Å². The summed E-state index contributed by atoms with van der Waals surface area (Å²) in [6.07, 6.45) is 1.25. The Morgan fingerprint density at radius 2 is 2.33 bits per heavy atom. The average molecular weight is 201 g/mol. The molecule has 2 aromatic heterocycles. The van der Waals surface area contributed by atoms with E-state index in [0.717, 1.165) is 0 Å². The monoisotopic (exact) mass is 201 g/mol. The van der Waals surface area contributed by atoms with Crippen molar-refractivity contribution >= 4 is 16.9 Å². The van der Waals surface area contributed by atoms with Crippen LogP contribution in [0.1, 0.15) is 11.1 Å². The first-order valence-corrected chi connectivity index (χ1v) is 4.18. The van der Waals surface area contributed by atoms with E-state index in [1.165, 1.54) is 6.33 Å². The van der Waals surface area contributed by atoms with Crippen molar-refractivity contribution in [3.63, 3.8) is 0 Å². The van der Waals surface area contributed by atoms with E-state index >= 15 is 0 Å². The van der Waals surface area contributed by atoms with Crippen LogP contribution < -0.4 is 11.3 Å². The lowest BCUT2D eigenvalue weighted by Gasteiger charge is -2.03. The van der Waals surface area contributed by atoms with Crippen molar-refractivity contribution in [2.75, 3.05) is 5.73 Å². The van der Waals surface area contributed by atoms with E-state index in [1.807, 2.05) is 6.07 Å². The van der Waals surface area contributed by atoms with Crippen LogP contribution in [-0.4, -0.2) is 15.0 Å². The average Bonchev–Trinajstić information content (AvgIpc) is 2.17. The number of rotatable bonds is 0. The normalized spacial score (nSPS) is 10.1. The predicted octanol–water partition coefficient (Wildman–Crippen LogP) is 0.0804. The highest BCUT2D eigenvalue weighted by Gasteiger charge is 2.12. The van der Waals surface area contributed by atoms with Gasteiger partial charge in [0.1, 0.15) is 11.9 Å². The lowest BCUT2D eigenvalue weighted by molar-refractivity contribution is 1.13. The van der Waals surface area contributed by atoms with Crippen molar-refractivity contribution in [1.82, 2.24) is 15.0 Å². The molecule has 0 amide bonds. The molecule has 6 nitrogen and oxygen atoms in total. The van der Waals surface area contributed by atoms with Gasteiger partial charge in [0.05, 0.1) is 17.3 Å². The van der Waals surface area contributed by atoms with Gasteiger partial charge in [0, 0.05) is 0 Å². The zero-order valence-corrected chi connectivity index (χ0v) is 7.90. The molecule has 0 atom stereocenters. The first-order valence-electron chi connectivity index (χ1n) is 4.18. The molecule has 15 heavy (non-hydrogen) atoms. The minimum absolute atomic E-state index is 0.0978. The molecule has 2 heterocycles. The lowest BCUT2D eigenvalue weighted by Crippen LogP contribution is -2.11. The number of aryl methyl sites for hydroxylation is 1. The Kier molecular flexibility index (Phi) is 1.87. The Morgan fingerprint density at radius 3 is 3.00 bits per heavy atom. The van der Waals surface area contributed by atoms with Gasteiger partial charge in [-0.15, -0.1) is 0 Å². The topological polar surface area (TPSA) is 108 Å². The molecular weight excluding hydrogens is 194 g/mol. The summed E-state index contributed by atoms with van der Waals surface area (Å²) in [7, 11) is 0. The third-order valence-electron chi connectivity index (χ3n) is 2.18. The lowest BCUT2D eigenvalue weighted by atomic mass is 10.1. The number of aromatic amines is 1. The third kappa shape index (κ3) is 1.21. The third-order valence-corrected chi connectivity index (χ3v) is 2.18. The standard InChI is InChI=1S/C9H7N5O/c1-4-5(2-10)7(11)14-8-6(4)9(15)13-3-12-8/h3H,1H3,(H3,11,12,13,14,15). The van der Waals surface area contributed by atoms with E-state index in [0.29, 0.717) is 10.9 Å². The van der Waals surface area contributed by atoms with Gasteiger partial charge in [0.25, 0.3) is 5.56 Å². The summed E-state index contributed by atoms with van der Waals surface area (Å²) in [5.74, 6) is 0.0978. The highest BCUT2D eigenvalue weighted by atomic mass is 16.1. The molecule has 0 fully saturated rings. The van der Waals surface area contributed by atoms with Crippen LogP contribution in [0.25, 0.3) is 11.0 Å². The predicted molar refractivity (Wildman–Crippen MR) is 54.0 cm³/mol. The summed E-state index contributed by atoms with van der Waals surface area (Å²) in [5, 5.41) is 9.16. The maximum absolute atomic E-state index is 11.5. The Bertz CT molecular complexity index is 637. The van der Waals surface area contributed by atoms with Crippen molar-refractivity contribution in [2.24, 2.45) is 0 Å². The number of nitrogens with one attached hydrogen (secondary N) is 1. The Labute approximate surface area is 84.4 Å². The van der Waals surface area contributed by atoms with Gasteiger partial charge in [-0.25, -0.2) is 9.97 Å². The van der Waals surface area contributed by atoms with Crippen LogP contribution >= 0.6 is 0 Å². The van der Waals surface area contributed by atoms with Crippen LogP contribution in [0.4, 0.5) is 5.82 Å². The molecule has 6 heteroatoms. The molecule has 0 unspecified atom stereocenters. The molecule has 0 aromatic carbocycles. The van der Waals surface area contributed by atoms with Crippen molar-refractivity contribution < 1.29 is 0 Å². The number of hydrogen-bond acceptors (Lipinski definition) is 5. The maximum Gasteiger partial charge on any atom is 0.260 e. The maximum atomic E-state index is 11.5. The number of pyridine rings is 1. The largest absolute Gasteiger partial charge is 0.383 e. The van der Waals surface area contributed by atoms with Gasteiger partial charge >= 0.3 is 0 Å². The molecule has 0 bridgehead atoms. The van der Waals surface area contributed by atoms with Gasteiger partial charge < -0.3 is 10.7 Å². The number of nitrogens with zero attached hydrogens (tertiary/aromatic N) is 3. The fraction of sp³-hybridized carbons (Fsp3) is 0.111. The van der Waals surface area contributed by atoms with Crippen LogP contribution in [0.15, 0.2) is 11.1 Å². The van der Waals surface area contributed by atoms with Crippen LogP contribution in [-0.2, 0) is 0 Å². The molecular formula is C9H7N5O. The molecule has 0 aliphatic rings. The second-order valence-electron chi connectivity index (χ2n) is 3.04. The minimum atomic E-state index is -0.318. The van der Waals surface area contributed by atoms with E-state index in [-0.39, 0.29) is 22.6 Å². The van der Waals surface area contributed by atoms with Crippen molar-refractivity contribution in [3.05, 3.63) is 27.8 Å². The van der Waals surface area contributed by atoms with E-state index in [4.69, 9.17) is 11.0 Å². The van der Waals surface area contributed by atoms with Gasteiger partial charge in [0.15, 0.2) is 5.65 Å². The number of nitriles is 1. The van der Waals surface area contributed by atoms with E-state index in [9.17, 15) is 4.79 Å². The second-order valence-corrected chi connectivity index (χ2v) is 3.04. The smallest absolute Gasteiger partial charge is 0.260 e. The van der Waals surface area contributed by atoms with Gasteiger partial charge in [-0.2, -0.15) is 5.26 Å². The van der Waals surface area contributed by atoms with Crippen LogP contribution in [0, 0.1) is 18.3 Å². The summed E-state index contributed by atoms with van der Waals surface area (Å²) in [6, 6.07) is 1.91. The van der Waals surface area contributed by atoms with Crippen LogP contribution in [0.5, 0.6) is 0 Å². The Hall–Kier alpha value is -2.42. The molecule has 0 aliphatic carbocycles. The summed E-state index contributed by atoms with van der Waals surface area (Å²) in [5.41, 5.74) is 6.23. The highest BCUT2D eigenvalue weighted by molar-refractivity contribution is 5.82. The van der Waals surface area contributed by atoms with E-state index in [1.54, 1.807) is 6.92 Å². The summed E-state index contributed by atoms with van der Waals surface area (Å²) in [4.78, 5) is 21.7. The van der Waals surface area contributed by atoms with Crippen molar-refractivity contribution in [3.8, 4) is 6.07 Å². The molecule has 0 spiro atoms. The quantitative estimate of drug-likeness (QED) is 0.627. The number of H-pyrrole nitrogens is 1. The summed E-state index contributed by atoms with van der Waals surface area (Å²) < 4.78 is 0. The van der Waals surface area contributed by atoms with Crippen molar-refractivity contribution in [2.45, 2.75) is 6.92 Å². The van der Waals surface area contributed by atoms with Crippen LogP contribution in [0.2, 0.25) is 0 Å². The molecule has 2 rings (SSSR count). The van der Waals surface area contributed by atoms with Gasteiger partial charge in [0.2, 0.25) is 0 Å². The zero-order chi connectivity index (χ0) is 11.0. The molecule has 0 aliphatic heterocycles. The van der Waals surface area contributed by atoms with Gasteiger partial charge in [-0.1, -0.05) is 0 Å².